The van der Waals surface area contributed by atoms with Crippen molar-refractivity contribution in [2.24, 2.45) is 0 Å². The third kappa shape index (κ3) is 4.44. The van der Waals surface area contributed by atoms with E-state index in [0.717, 1.165) is 33.6 Å². The fourth-order valence-corrected chi connectivity index (χ4v) is 6.36. The van der Waals surface area contributed by atoms with Gasteiger partial charge >= 0.3 is 0 Å². The monoisotopic (exact) mass is 483 g/mol. The van der Waals surface area contributed by atoms with Crippen molar-refractivity contribution in [3.8, 4) is 11.3 Å². The number of sulfonamides is 1. The lowest BCUT2D eigenvalue weighted by Crippen LogP contribution is -2.48. The second-order valence-corrected chi connectivity index (χ2v) is 11.1. The summed E-state index contributed by atoms with van der Waals surface area (Å²) in [6, 6.07) is 20.8. The molecule has 1 aliphatic rings. The van der Waals surface area contributed by atoms with Crippen LogP contribution in [-0.4, -0.2) is 48.8 Å². The summed E-state index contributed by atoms with van der Waals surface area (Å²) < 4.78 is 27.9. The SMILES string of the molecule is O=S(=O)(c1ccc2ccccc2c1)N1CCN(Cc2nc(-c3ccc(Cl)cc3)cs2)CC1. The van der Waals surface area contributed by atoms with Crippen molar-refractivity contribution in [2.45, 2.75) is 11.4 Å². The van der Waals surface area contributed by atoms with Gasteiger partial charge in [-0.3, -0.25) is 4.90 Å². The molecule has 0 amide bonds. The molecule has 0 saturated carbocycles. The average Bonchev–Trinajstić information content (AvgIpc) is 3.28. The summed E-state index contributed by atoms with van der Waals surface area (Å²) in [5, 5.41) is 5.77. The number of thiazole rings is 1. The van der Waals surface area contributed by atoms with E-state index in [1.165, 1.54) is 0 Å². The summed E-state index contributed by atoms with van der Waals surface area (Å²) >= 11 is 7.60. The van der Waals surface area contributed by atoms with Crippen LogP contribution in [0.15, 0.2) is 77.0 Å². The Balaban J connectivity index is 1.23. The lowest BCUT2D eigenvalue weighted by atomic mass is 10.1. The van der Waals surface area contributed by atoms with Gasteiger partial charge in [0, 0.05) is 42.1 Å². The molecule has 164 valence electrons. The van der Waals surface area contributed by atoms with Crippen LogP contribution in [0, 0.1) is 0 Å². The maximum atomic E-state index is 13.2. The molecule has 1 aliphatic heterocycles. The normalized spacial score (nSPS) is 15.9. The number of benzene rings is 3. The van der Waals surface area contributed by atoms with Crippen LogP contribution in [0.3, 0.4) is 0 Å². The zero-order chi connectivity index (χ0) is 22.1. The summed E-state index contributed by atoms with van der Waals surface area (Å²) in [5.74, 6) is 0. The average molecular weight is 484 g/mol. The van der Waals surface area contributed by atoms with Gasteiger partial charge in [-0.2, -0.15) is 4.31 Å². The quantitative estimate of drug-likeness (QED) is 0.395. The standard InChI is InChI=1S/C24H22ClN3O2S2/c25-21-8-5-19(6-9-21)23-17-31-24(26-23)16-27-11-13-28(14-12-27)32(29,30)22-10-7-18-3-1-2-4-20(18)15-22/h1-10,15,17H,11-14,16H2. The van der Waals surface area contributed by atoms with Crippen molar-refractivity contribution in [1.82, 2.24) is 14.2 Å². The number of piperazine rings is 1. The highest BCUT2D eigenvalue weighted by molar-refractivity contribution is 7.89. The van der Waals surface area contributed by atoms with Crippen molar-refractivity contribution >= 4 is 43.7 Å². The Morgan fingerprint density at radius 3 is 2.38 bits per heavy atom. The van der Waals surface area contributed by atoms with E-state index in [1.54, 1.807) is 27.8 Å². The van der Waals surface area contributed by atoms with Gasteiger partial charge in [0.1, 0.15) is 5.01 Å². The number of halogens is 1. The van der Waals surface area contributed by atoms with Crippen LogP contribution in [0.5, 0.6) is 0 Å². The van der Waals surface area contributed by atoms with E-state index in [2.05, 4.69) is 10.3 Å². The highest BCUT2D eigenvalue weighted by Gasteiger charge is 2.29. The Kier molecular flexibility index (Phi) is 6.01. The lowest BCUT2D eigenvalue weighted by Gasteiger charge is -2.33. The fourth-order valence-electron chi connectivity index (χ4n) is 3.93. The van der Waals surface area contributed by atoms with Gasteiger partial charge < -0.3 is 0 Å². The van der Waals surface area contributed by atoms with E-state index in [-0.39, 0.29) is 0 Å². The molecule has 2 heterocycles. The van der Waals surface area contributed by atoms with Gasteiger partial charge in [-0.25, -0.2) is 13.4 Å². The summed E-state index contributed by atoms with van der Waals surface area (Å²) in [7, 11) is -3.50. The zero-order valence-corrected chi connectivity index (χ0v) is 19.7. The molecule has 0 aliphatic carbocycles. The third-order valence-corrected chi connectivity index (χ3v) is 8.72. The Morgan fingerprint density at radius 1 is 0.906 bits per heavy atom. The smallest absolute Gasteiger partial charge is 0.243 e. The molecular weight excluding hydrogens is 462 g/mol. The lowest BCUT2D eigenvalue weighted by molar-refractivity contribution is 0.181. The number of nitrogens with zero attached hydrogens (tertiary/aromatic N) is 3. The molecule has 4 aromatic rings. The van der Waals surface area contributed by atoms with Crippen LogP contribution in [0.4, 0.5) is 0 Å². The minimum Gasteiger partial charge on any atom is -0.294 e. The Morgan fingerprint density at radius 2 is 1.62 bits per heavy atom. The van der Waals surface area contributed by atoms with Crippen molar-refractivity contribution < 1.29 is 8.42 Å². The molecule has 1 aromatic heterocycles. The van der Waals surface area contributed by atoms with E-state index < -0.39 is 10.0 Å². The van der Waals surface area contributed by atoms with Gasteiger partial charge in [0.2, 0.25) is 10.0 Å². The van der Waals surface area contributed by atoms with Gasteiger partial charge in [-0.15, -0.1) is 11.3 Å². The number of hydrogen-bond donors (Lipinski definition) is 0. The highest BCUT2D eigenvalue weighted by atomic mass is 35.5. The molecule has 1 saturated heterocycles. The van der Waals surface area contributed by atoms with Crippen molar-refractivity contribution in [3.05, 3.63) is 82.1 Å². The number of hydrogen-bond acceptors (Lipinski definition) is 5. The van der Waals surface area contributed by atoms with Crippen LogP contribution >= 0.6 is 22.9 Å². The largest absolute Gasteiger partial charge is 0.294 e. The Hall–Kier alpha value is -2.29. The van der Waals surface area contributed by atoms with Crippen LogP contribution in [-0.2, 0) is 16.6 Å². The van der Waals surface area contributed by atoms with Crippen LogP contribution in [0.2, 0.25) is 5.02 Å². The molecule has 5 rings (SSSR count). The highest BCUT2D eigenvalue weighted by Crippen LogP contribution is 2.26. The van der Waals surface area contributed by atoms with E-state index in [9.17, 15) is 8.42 Å². The summed E-state index contributed by atoms with van der Waals surface area (Å²) in [4.78, 5) is 7.37. The molecular formula is C24H22ClN3O2S2. The third-order valence-electron chi connectivity index (χ3n) is 5.74. The Labute approximate surface area is 196 Å². The first kappa shape index (κ1) is 21.6. The Bertz CT molecular complexity index is 1350. The topological polar surface area (TPSA) is 53.5 Å². The molecule has 0 atom stereocenters. The predicted molar refractivity (Wildman–Crippen MR) is 131 cm³/mol. The number of aromatic nitrogens is 1. The van der Waals surface area contributed by atoms with Gasteiger partial charge in [0.25, 0.3) is 0 Å². The van der Waals surface area contributed by atoms with Gasteiger partial charge in [0.15, 0.2) is 0 Å². The molecule has 1 fully saturated rings. The predicted octanol–water partition coefficient (Wildman–Crippen LogP) is 5.12. The van der Waals surface area contributed by atoms with Crippen molar-refractivity contribution in [1.29, 1.82) is 0 Å². The molecule has 0 N–H and O–H groups in total. The van der Waals surface area contributed by atoms with Crippen molar-refractivity contribution in [2.75, 3.05) is 26.2 Å². The fraction of sp³-hybridized carbons (Fsp3) is 0.208. The zero-order valence-electron chi connectivity index (χ0n) is 17.3. The van der Waals surface area contributed by atoms with Crippen LogP contribution < -0.4 is 0 Å². The molecule has 5 nitrogen and oxygen atoms in total. The van der Waals surface area contributed by atoms with Gasteiger partial charge in [-0.1, -0.05) is 54.1 Å². The van der Waals surface area contributed by atoms with E-state index >= 15 is 0 Å². The molecule has 3 aromatic carbocycles. The number of rotatable bonds is 5. The maximum Gasteiger partial charge on any atom is 0.243 e. The summed E-state index contributed by atoms with van der Waals surface area (Å²) in [6.07, 6.45) is 0. The summed E-state index contributed by atoms with van der Waals surface area (Å²) in [6.45, 7) is 3.04. The van der Waals surface area contributed by atoms with E-state index in [1.807, 2.05) is 54.6 Å². The second-order valence-electron chi connectivity index (χ2n) is 7.82. The summed E-state index contributed by atoms with van der Waals surface area (Å²) in [5.41, 5.74) is 1.99. The molecule has 0 spiro atoms. The molecule has 8 heteroatoms. The second kappa shape index (κ2) is 8.92. The van der Waals surface area contributed by atoms with Crippen molar-refractivity contribution in [3.63, 3.8) is 0 Å². The van der Waals surface area contributed by atoms with Crippen LogP contribution in [0.25, 0.3) is 22.0 Å². The first-order valence-electron chi connectivity index (χ1n) is 10.4. The van der Waals surface area contributed by atoms with Gasteiger partial charge in [-0.05, 0) is 35.0 Å². The number of fused-ring (bicyclic) bond motifs is 1. The first-order valence-corrected chi connectivity index (χ1v) is 13.1. The van der Waals surface area contributed by atoms with E-state index in [0.29, 0.717) is 36.1 Å². The molecule has 0 unspecified atom stereocenters. The van der Waals surface area contributed by atoms with Crippen LogP contribution in [0.1, 0.15) is 5.01 Å². The first-order chi connectivity index (χ1) is 15.5. The molecule has 32 heavy (non-hydrogen) atoms. The van der Waals surface area contributed by atoms with Gasteiger partial charge in [0.05, 0.1) is 17.1 Å². The minimum absolute atomic E-state index is 0.358. The van der Waals surface area contributed by atoms with E-state index in [4.69, 9.17) is 16.6 Å². The maximum absolute atomic E-state index is 13.2. The molecule has 0 radical (unpaired) electrons. The molecule has 0 bridgehead atoms. The minimum atomic E-state index is -3.50.